The summed E-state index contributed by atoms with van der Waals surface area (Å²) in [5.74, 6) is -1.46. The number of benzene rings is 1. The number of carbonyl (C=O) groups is 1. The Kier molecular flexibility index (Phi) is 4.70. The lowest BCUT2D eigenvalue weighted by Crippen LogP contribution is -2.50. The zero-order valence-electron chi connectivity index (χ0n) is 13.1. The summed E-state index contributed by atoms with van der Waals surface area (Å²) >= 11 is 0. The number of halogens is 2. The Labute approximate surface area is 129 Å². The van der Waals surface area contributed by atoms with Gasteiger partial charge in [0.2, 0.25) is 0 Å². The van der Waals surface area contributed by atoms with Crippen molar-refractivity contribution < 1.29 is 18.3 Å². The van der Waals surface area contributed by atoms with E-state index in [2.05, 4.69) is 0 Å². The van der Waals surface area contributed by atoms with Gasteiger partial charge in [-0.15, -0.1) is 0 Å². The molecule has 0 spiro atoms. The molecule has 0 radical (unpaired) electrons. The average Bonchev–Trinajstić information content (AvgIpc) is 2.34. The highest BCUT2D eigenvalue weighted by atomic mass is 19.1. The van der Waals surface area contributed by atoms with Crippen molar-refractivity contribution >= 4 is 6.09 Å². The standard InChI is InChI=1S/C16H22F2N2O2/c1-16(2,3)22-15(21)20-8-11(6-14(19)9-20)10-4-12(17)7-13(18)5-10/h4-5,7,11,14H,6,8-9,19H2,1-3H3/t11-,14+/m1/s1. The first kappa shape index (κ1) is 16.7. The van der Waals surface area contributed by atoms with Crippen LogP contribution in [0.5, 0.6) is 0 Å². The molecule has 4 nitrogen and oxygen atoms in total. The van der Waals surface area contributed by atoms with Gasteiger partial charge in [-0.1, -0.05) is 0 Å². The van der Waals surface area contributed by atoms with E-state index < -0.39 is 23.3 Å². The van der Waals surface area contributed by atoms with Crippen LogP contribution in [0.25, 0.3) is 0 Å². The zero-order valence-corrected chi connectivity index (χ0v) is 13.1. The van der Waals surface area contributed by atoms with Crippen LogP contribution in [0, 0.1) is 11.6 Å². The summed E-state index contributed by atoms with van der Waals surface area (Å²) in [4.78, 5) is 13.7. The normalized spacial score (nSPS) is 22.5. The first-order chi connectivity index (χ1) is 10.1. The molecule has 1 aliphatic rings. The van der Waals surface area contributed by atoms with E-state index in [0.29, 0.717) is 25.1 Å². The molecule has 2 N–H and O–H groups in total. The van der Waals surface area contributed by atoms with Gasteiger partial charge >= 0.3 is 6.09 Å². The number of likely N-dealkylation sites (tertiary alicyclic amines) is 1. The summed E-state index contributed by atoms with van der Waals surface area (Å²) in [6, 6.07) is 3.16. The van der Waals surface area contributed by atoms with Gasteiger partial charge in [0, 0.05) is 31.1 Å². The number of amides is 1. The molecule has 1 aromatic rings. The minimum atomic E-state index is -0.627. The number of nitrogens with two attached hydrogens (primary N) is 1. The Morgan fingerprint density at radius 2 is 1.82 bits per heavy atom. The van der Waals surface area contributed by atoms with Crippen molar-refractivity contribution in [2.75, 3.05) is 13.1 Å². The predicted molar refractivity (Wildman–Crippen MR) is 79.5 cm³/mol. The van der Waals surface area contributed by atoms with Gasteiger partial charge in [0.25, 0.3) is 0 Å². The third-order valence-electron chi connectivity index (χ3n) is 3.49. The smallest absolute Gasteiger partial charge is 0.410 e. The summed E-state index contributed by atoms with van der Waals surface area (Å²) in [7, 11) is 0. The molecule has 0 saturated carbocycles. The quantitative estimate of drug-likeness (QED) is 0.867. The lowest BCUT2D eigenvalue weighted by atomic mass is 9.88. The van der Waals surface area contributed by atoms with Gasteiger partial charge in [-0.2, -0.15) is 0 Å². The Hall–Kier alpha value is -1.69. The maximum atomic E-state index is 13.4. The van der Waals surface area contributed by atoms with Crippen molar-refractivity contribution in [3.05, 3.63) is 35.4 Å². The molecule has 1 amide bonds. The van der Waals surface area contributed by atoms with E-state index >= 15 is 0 Å². The van der Waals surface area contributed by atoms with Gasteiger partial charge in [0.05, 0.1) is 0 Å². The highest BCUT2D eigenvalue weighted by Gasteiger charge is 2.32. The number of hydrogen-bond donors (Lipinski definition) is 1. The van der Waals surface area contributed by atoms with E-state index in [-0.39, 0.29) is 12.0 Å². The Morgan fingerprint density at radius 1 is 1.23 bits per heavy atom. The Morgan fingerprint density at radius 3 is 2.36 bits per heavy atom. The molecule has 0 aromatic heterocycles. The second-order valence-corrected chi connectivity index (χ2v) is 6.78. The fourth-order valence-corrected chi connectivity index (χ4v) is 2.67. The van der Waals surface area contributed by atoms with E-state index in [4.69, 9.17) is 10.5 Å². The van der Waals surface area contributed by atoms with E-state index in [1.165, 1.54) is 17.0 Å². The number of piperidine rings is 1. The number of carbonyl (C=O) groups excluding carboxylic acids is 1. The molecule has 1 aliphatic heterocycles. The summed E-state index contributed by atoms with van der Waals surface area (Å²) in [6.07, 6.45) is 0.117. The second kappa shape index (κ2) is 6.20. The molecule has 1 fully saturated rings. The molecule has 2 atom stereocenters. The predicted octanol–water partition coefficient (Wildman–Crippen LogP) is 3.02. The van der Waals surface area contributed by atoms with Gasteiger partial charge in [0.15, 0.2) is 0 Å². The molecule has 2 rings (SSSR count). The highest BCUT2D eigenvalue weighted by Crippen LogP contribution is 2.28. The molecular weight excluding hydrogens is 290 g/mol. The first-order valence-electron chi connectivity index (χ1n) is 7.33. The van der Waals surface area contributed by atoms with Crippen LogP contribution < -0.4 is 5.73 Å². The minimum Gasteiger partial charge on any atom is -0.444 e. The first-order valence-corrected chi connectivity index (χ1v) is 7.33. The number of hydrogen-bond acceptors (Lipinski definition) is 3. The topological polar surface area (TPSA) is 55.6 Å². The summed E-state index contributed by atoms with van der Waals surface area (Å²) < 4.78 is 32.1. The van der Waals surface area contributed by atoms with Crippen LogP contribution >= 0.6 is 0 Å². The maximum Gasteiger partial charge on any atom is 0.410 e. The van der Waals surface area contributed by atoms with E-state index in [1.807, 2.05) is 0 Å². The number of ether oxygens (including phenoxy) is 1. The van der Waals surface area contributed by atoms with Crippen molar-refractivity contribution in [1.29, 1.82) is 0 Å². The molecule has 22 heavy (non-hydrogen) atoms. The van der Waals surface area contributed by atoms with E-state index in [9.17, 15) is 13.6 Å². The van der Waals surface area contributed by atoms with Gasteiger partial charge < -0.3 is 15.4 Å². The monoisotopic (exact) mass is 312 g/mol. The van der Waals surface area contributed by atoms with Gasteiger partial charge in [-0.3, -0.25) is 0 Å². The number of nitrogens with zero attached hydrogens (tertiary/aromatic N) is 1. The largest absolute Gasteiger partial charge is 0.444 e. The van der Waals surface area contributed by atoms with Gasteiger partial charge in [0.1, 0.15) is 17.2 Å². The van der Waals surface area contributed by atoms with Gasteiger partial charge in [-0.25, -0.2) is 13.6 Å². The molecular formula is C16H22F2N2O2. The third-order valence-corrected chi connectivity index (χ3v) is 3.49. The van der Waals surface area contributed by atoms with Crippen LogP contribution in [0.2, 0.25) is 0 Å². The van der Waals surface area contributed by atoms with Gasteiger partial charge in [-0.05, 0) is 44.9 Å². The van der Waals surface area contributed by atoms with Crippen molar-refractivity contribution in [1.82, 2.24) is 4.90 Å². The molecule has 1 heterocycles. The minimum absolute atomic E-state index is 0.207. The molecule has 122 valence electrons. The van der Waals surface area contributed by atoms with Crippen molar-refractivity contribution in [3.63, 3.8) is 0 Å². The lowest BCUT2D eigenvalue weighted by molar-refractivity contribution is 0.0180. The van der Waals surface area contributed by atoms with Crippen LogP contribution in [-0.2, 0) is 4.74 Å². The lowest BCUT2D eigenvalue weighted by Gasteiger charge is -2.37. The third kappa shape index (κ3) is 4.40. The second-order valence-electron chi connectivity index (χ2n) is 6.78. The Bertz CT molecular complexity index is 537. The van der Waals surface area contributed by atoms with Crippen molar-refractivity contribution in [2.24, 2.45) is 5.73 Å². The average molecular weight is 312 g/mol. The summed E-state index contributed by atoms with van der Waals surface area (Å²) in [6.45, 7) is 6.07. The fourth-order valence-electron chi connectivity index (χ4n) is 2.67. The van der Waals surface area contributed by atoms with Crippen LogP contribution in [0.4, 0.5) is 13.6 Å². The molecule has 0 bridgehead atoms. The van der Waals surface area contributed by atoms with E-state index in [1.54, 1.807) is 20.8 Å². The zero-order chi connectivity index (χ0) is 16.5. The number of rotatable bonds is 1. The van der Waals surface area contributed by atoms with Crippen molar-refractivity contribution in [2.45, 2.75) is 44.8 Å². The molecule has 0 unspecified atom stereocenters. The summed E-state index contributed by atoms with van der Waals surface area (Å²) in [5, 5.41) is 0. The van der Waals surface area contributed by atoms with Crippen LogP contribution in [0.15, 0.2) is 18.2 Å². The molecule has 0 aliphatic carbocycles. The van der Waals surface area contributed by atoms with Crippen molar-refractivity contribution in [3.8, 4) is 0 Å². The highest BCUT2D eigenvalue weighted by molar-refractivity contribution is 5.68. The molecule has 1 aromatic carbocycles. The SMILES string of the molecule is CC(C)(C)OC(=O)N1C[C@@H](N)C[C@@H](c2cc(F)cc(F)c2)C1. The van der Waals surface area contributed by atoms with Crippen LogP contribution in [0.3, 0.4) is 0 Å². The molecule has 1 saturated heterocycles. The summed E-state index contributed by atoms with van der Waals surface area (Å²) in [5.41, 5.74) is 5.91. The maximum absolute atomic E-state index is 13.4. The Balaban J connectivity index is 2.15. The van der Waals surface area contributed by atoms with Crippen LogP contribution in [-0.4, -0.2) is 35.7 Å². The molecule has 6 heteroatoms. The van der Waals surface area contributed by atoms with E-state index in [0.717, 1.165) is 6.07 Å². The van der Waals surface area contributed by atoms with Crippen LogP contribution in [0.1, 0.15) is 38.7 Å². The fraction of sp³-hybridized carbons (Fsp3) is 0.562.